The van der Waals surface area contributed by atoms with Gasteiger partial charge in [0, 0.05) is 5.02 Å². The van der Waals surface area contributed by atoms with Crippen molar-refractivity contribution in [2.75, 3.05) is 4.90 Å². The standard InChI is InChI=1S/C19H20ClNO2/c1-19(2,3)23-18(22)21-16-7-5-4-6-14(16)12-17(21)13-8-10-15(20)11-9-13/h4-11,17H,12H2,1-3H3. The average Bonchev–Trinajstić information content (AvgIpc) is 2.85. The maximum atomic E-state index is 12.8. The van der Waals surface area contributed by atoms with E-state index in [0.29, 0.717) is 5.02 Å². The molecule has 1 unspecified atom stereocenters. The summed E-state index contributed by atoms with van der Waals surface area (Å²) in [5.41, 5.74) is 2.59. The maximum Gasteiger partial charge on any atom is 0.415 e. The number of halogens is 1. The van der Waals surface area contributed by atoms with Crippen molar-refractivity contribution in [2.45, 2.75) is 38.8 Å². The van der Waals surface area contributed by atoms with Gasteiger partial charge in [-0.2, -0.15) is 0 Å². The van der Waals surface area contributed by atoms with Crippen molar-refractivity contribution in [2.24, 2.45) is 0 Å². The van der Waals surface area contributed by atoms with Gasteiger partial charge < -0.3 is 4.74 Å². The van der Waals surface area contributed by atoms with Crippen molar-refractivity contribution in [1.82, 2.24) is 0 Å². The molecule has 1 aliphatic heterocycles. The molecule has 3 nitrogen and oxygen atoms in total. The number of anilines is 1. The van der Waals surface area contributed by atoms with E-state index in [9.17, 15) is 4.79 Å². The monoisotopic (exact) mass is 329 g/mol. The molecule has 2 aromatic carbocycles. The Kier molecular flexibility index (Phi) is 4.07. The molecule has 0 N–H and O–H groups in total. The minimum absolute atomic E-state index is 0.0699. The minimum atomic E-state index is -0.529. The first-order valence-corrected chi connectivity index (χ1v) is 8.08. The molecular weight excluding hydrogens is 310 g/mol. The molecule has 1 aliphatic rings. The van der Waals surface area contributed by atoms with Crippen LogP contribution in [-0.2, 0) is 11.2 Å². The molecule has 0 bridgehead atoms. The van der Waals surface area contributed by atoms with Crippen molar-refractivity contribution in [3.8, 4) is 0 Å². The Labute approximate surface area is 141 Å². The smallest absolute Gasteiger partial charge is 0.415 e. The van der Waals surface area contributed by atoms with Crippen molar-refractivity contribution in [1.29, 1.82) is 0 Å². The van der Waals surface area contributed by atoms with E-state index in [2.05, 4.69) is 6.07 Å². The third-order valence-corrected chi connectivity index (χ3v) is 4.07. The lowest BCUT2D eigenvalue weighted by atomic mass is 10.0. The summed E-state index contributed by atoms with van der Waals surface area (Å²) in [5.74, 6) is 0. The minimum Gasteiger partial charge on any atom is -0.443 e. The van der Waals surface area contributed by atoms with Gasteiger partial charge in [0.1, 0.15) is 5.60 Å². The number of hydrogen-bond acceptors (Lipinski definition) is 2. The predicted molar refractivity (Wildman–Crippen MR) is 93.1 cm³/mol. The van der Waals surface area contributed by atoms with E-state index >= 15 is 0 Å². The van der Waals surface area contributed by atoms with Gasteiger partial charge in [0.25, 0.3) is 0 Å². The van der Waals surface area contributed by atoms with E-state index < -0.39 is 5.60 Å². The maximum absolute atomic E-state index is 12.8. The molecule has 0 radical (unpaired) electrons. The van der Waals surface area contributed by atoms with Gasteiger partial charge in [-0.25, -0.2) is 4.79 Å². The molecule has 0 aliphatic carbocycles. The number of ether oxygens (including phenoxy) is 1. The van der Waals surface area contributed by atoms with Crippen LogP contribution in [0.15, 0.2) is 48.5 Å². The highest BCUT2D eigenvalue weighted by Crippen LogP contribution is 2.41. The summed E-state index contributed by atoms with van der Waals surface area (Å²) >= 11 is 5.99. The van der Waals surface area contributed by atoms with E-state index in [1.54, 1.807) is 4.90 Å². The van der Waals surface area contributed by atoms with Crippen LogP contribution in [0.3, 0.4) is 0 Å². The van der Waals surface area contributed by atoms with Crippen molar-refractivity contribution in [3.05, 3.63) is 64.7 Å². The fourth-order valence-electron chi connectivity index (χ4n) is 2.87. The number of benzene rings is 2. The van der Waals surface area contributed by atoms with Crippen LogP contribution in [0.4, 0.5) is 10.5 Å². The molecule has 0 aromatic heterocycles. The van der Waals surface area contributed by atoms with Crippen LogP contribution in [0.5, 0.6) is 0 Å². The molecule has 3 rings (SSSR count). The van der Waals surface area contributed by atoms with Crippen LogP contribution in [0, 0.1) is 0 Å². The molecule has 0 fully saturated rings. The highest BCUT2D eigenvalue weighted by molar-refractivity contribution is 6.30. The molecule has 0 saturated carbocycles. The molecule has 0 saturated heterocycles. The molecule has 2 aromatic rings. The van der Waals surface area contributed by atoms with E-state index in [0.717, 1.165) is 23.2 Å². The van der Waals surface area contributed by atoms with E-state index in [-0.39, 0.29) is 12.1 Å². The van der Waals surface area contributed by atoms with Crippen LogP contribution in [-0.4, -0.2) is 11.7 Å². The van der Waals surface area contributed by atoms with Gasteiger partial charge in [0.2, 0.25) is 0 Å². The summed E-state index contributed by atoms with van der Waals surface area (Å²) in [7, 11) is 0. The molecule has 1 heterocycles. The number of carbonyl (C=O) groups excluding carboxylic acids is 1. The van der Waals surface area contributed by atoms with E-state index in [1.165, 1.54) is 0 Å². The van der Waals surface area contributed by atoms with Crippen LogP contribution in [0.2, 0.25) is 5.02 Å². The summed E-state index contributed by atoms with van der Waals surface area (Å²) in [6, 6.07) is 15.5. The van der Waals surface area contributed by atoms with Crippen LogP contribution >= 0.6 is 11.6 Å². The lowest BCUT2D eigenvalue weighted by molar-refractivity contribution is 0.0569. The van der Waals surface area contributed by atoms with Crippen molar-refractivity contribution >= 4 is 23.4 Å². The Bertz CT molecular complexity index is 719. The van der Waals surface area contributed by atoms with Gasteiger partial charge in [-0.3, -0.25) is 4.90 Å². The number of fused-ring (bicyclic) bond motifs is 1. The molecule has 120 valence electrons. The molecule has 4 heteroatoms. The second-order valence-electron chi connectivity index (χ2n) is 6.75. The number of carbonyl (C=O) groups is 1. The molecule has 23 heavy (non-hydrogen) atoms. The van der Waals surface area contributed by atoms with Gasteiger partial charge in [-0.15, -0.1) is 0 Å². The third-order valence-electron chi connectivity index (χ3n) is 3.82. The lowest BCUT2D eigenvalue weighted by Crippen LogP contribution is -2.37. The SMILES string of the molecule is CC(C)(C)OC(=O)N1c2ccccc2CC1c1ccc(Cl)cc1. The Morgan fingerprint density at radius 1 is 1.13 bits per heavy atom. The Balaban J connectivity index is 1.99. The Morgan fingerprint density at radius 2 is 1.78 bits per heavy atom. The summed E-state index contributed by atoms with van der Waals surface area (Å²) in [6.45, 7) is 5.64. The lowest BCUT2D eigenvalue weighted by Gasteiger charge is -2.29. The fraction of sp³-hybridized carbons (Fsp3) is 0.316. The summed E-state index contributed by atoms with van der Waals surface area (Å²) in [5, 5.41) is 0.688. The van der Waals surface area contributed by atoms with Gasteiger partial charge in [-0.05, 0) is 56.5 Å². The molecule has 1 atom stereocenters. The average molecular weight is 330 g/mol. The van der Waals surface area contributed by atoms with Gasteiger partial charge in [-0.1, -0.05) is 41.9 Å². The fourth-order valence-corrected chi connectivity index (χ4v) is 3.00. The van der Waals surface area contributed by atoms with Gasteiger partial charge >= 0.3 is 6.09 Å². The quantitative estimate of drug-likeness (QED) is 0.703. The predicted octanol–water partition coefficient (Wildman–Crippen LogP) is 5.38. The Morgan fingerprint density at radius 3 is 2.43 bits per heavy atom. The molecule has 0 spiro atoms. The Hall–Kier alpha value is -2.00. The second-order valence-corrected chi connectivity index (χ2v) is 7.19. The molecular formula is C19H20ClNO2. The van der Waals surface area contributed by atoms with Crippen LogP contribution in [0.25, 0.3) is 0 Å². The normalized spacial score (nSPS) is 17.0. The first-order chi connectivity index (χ1) is 10.8. The van der Waals surface area contributed by atoms with Crippen LogP contribution < -0.4 is 4.90 Å². The largest absolute Gasteiger partial charge is 0.443 e. The number of para-hydroxylation sites is 1. The second kappa shape index (κ2) is 5.89. The zero-order valence-corrected chi connectivity index (χ0v) is 14.3. The summed E-state index contributed by atoms with van der Waals surface area (Å²) in [6.07, 6.45) is 0.458. The topological polar surface area (TPSA) is 29.5 Å². The summed E-state index contributed by atoms with van der Waals surface area (Å²) in [4.78, 5) is 14.5. The number of amides is 1. The number of rotatable bonds is 1. The van der Waals surface area contributed by atoms with Crippen molar-refractivity contribution < 1.29 is 9.53 Å². The van der Waals surface area contributed by atoms with E-state index in [4.69, 9.17) is 16.3 Å². The first kappa shape index (κ1) is 15.9. The number of nitrogens with zero attached hydrogens (tertiary/aromatic N) is 1. The first-order valence-electron chi connectivity index (χ1n) is 7.71. The highest BCUT2D eigenvalue weighted by atomic mass is 35.5. The zero-order valence-electron chi connectivity index (χ0n) is 13.5. The third kappa shape index (κ3) is 3.35. The van der Waals surface area contributed by atoms with Gasteiger partial charge in [0.15, 0.2) is 0 Å². The zero-order chi connectivity index (χ0) is 16.6. The molecule has 1 amide bonds. The number of hydrogen-bond donors (Lipinski definition) is 0. The van der Waals surface area contributed by atoms with E-state index in [1.807, 2.05) is 63.2 Å². The van der Waals surface area contributed by atoms with Crippen LogP contribution in [0.1, 0.15) is 37.9 Å². The summed E-state index contributed by atoms with van der Waals surface area (Å²) < 4.78 is 5.61. The van der Waals surface area contributed by atoms with Crippen molar-refractivity contribution in [3.63, 3.8) is 0 Å². The van der Waals surface area contributed by atoms with Gasteiger partial charge in [0.05, 0.1) is 11.7 Å². The highest BCUT2D eigenvalue weighted by Gasteiger charge is 2.37.